The van der Waals surface area contributed by atoms with E-state index in [1.165, 1.54) is 0 Å². The van der Waals surface area contributed by atoms with Gasteiger partial charge < -0.3 is 4.74 Å². The molecule has 61 valence electrons. The highest BCUT2D eigenvalue weighted by Crippen LogP contribution is 2.02. The van der Waals surface area contributed by atoms with Crippen LogP contribution in [-0.2, 0) is 9.53 Å². The number of nitriles is 1. The van der Waals surface area contributed by atoms with Crippen molar-refractivity contribution in [3.63, 3.8) is 0 Å². The molecule has 0 bridgehead atoms. The van der Waals surface area contributed by atoms with E-state index in [-0.39, 0.29) is 24.9 Å². The fourth-order valence-corrected chi connectivity index (χ4v) is 0.457. The Kier molecular flexibility index (Phi) is 5.18. The molecule has 0 aliphatic rings. The first-order chi connectivity index (χ1) is 5.22. The zero-order chi connectivity index (χ0) is 8.69. The molecule has 3 nitrogen and oxygen atoms in total. The summed E-state index contributed by atoms with van der Waals surface area (Å²) in [6.07, 6.45) is 0.793. The van der Waals surface area contributed by atoms with E-state index in [4.69, 9.17) is 10.00 Å². The molecule has 0 spiro atoms. The lowest BCUT2D eigenvalue weighted by atomic mass is 10.1. The number of carbonyl (C=O) groups excluding carboxylic acids is 1. The van der Waals surface area contributed by atoms with Gasteiger partial charge in [0.1, 0.15) is 6.61 Å². The molecule has 0 aliphatic heterocycles. The third kappa shape index (κ3) is 4.38. The highest BCUT2D eigenvalue weighted by atomic mass is 16.5. The Hall–Kier alpha value is -1.04. The Balaban J connectivity index is 3.46. The average molecular weight is 154 g/mol. The summed E-state index contributed by atoms with van der Waals surface area (Å²) < 4.78 is 4.73. The van der Waals surface area contributed by atoms with Gasteiger partial charge in [0.05, 0.1) is 18.4 Å². The Morgan fingerprint density at radius 3 is 2.91 bits per heavy atom. The van der Waals surface area contributed by atoms with Gasteiger partial charge in [-0.2, -0.15) is 5.26 Å². The molecule has 0 aromatic rings. The molecular formula is C8H12NO2. The Morgan fingerprint density at radius 1 is 1.82 bits per heavy atom. The van der Waals surface area contributed by atoms with Crippen molar-refractivity contribution in [1.82, 2.24) is 0 Å². The molecule has 1 unspecified atom stereocenters. The monoisotopic (exact) mass is 154 g/mol. The van der Waals surface area contributed by atoms with E-state index in [9.17, 15) is 4.79 Å². The Labute approximate surface area is 67.0 Å². The third-order valence-electron chi connectivity index (χ3n) is 1.29. The quantitative estimate of drug-likeness (QED) is 0.453. The summed E-state index contributed by atoms with van der Waals surface area (Å²) in [6.45, 7) is 5.51. The molecule has 1 atom stereocenters. The minimum atomic E-state index is -0.268. The highest BCUT2D eigenvalue weighted by molar-refractivity contribution is 5.71. The zero-order valence-electron chi connectivity index (χ0n) is 6.67. The Bertz CT molecular complexity index is 160. The molecule has 1 radical (unpaired) electrons. The van der Waals surface area contributed by atoms with Crippen molar-refractivity contribution in [2.24, 2.45) is 5.92 Å². The van der Waals surface area contributed by atoms with Crippen LogP contribution in [0.4, 0.5) is 0 Å². The van der Waals surface area contributed by atoms with Gasteiger partial charge >= 0.3 is 5.97 Å². The lowest BCUT2D eigenvalue weighted by Gasteiger charge is -2.06. The van der Waals surface area contributed by atoms with Crippen molar-refractivity contribution in [3.8, 4) is 6.07 Å². The maximum Gasteiger partial charge on any atom is 0.308 e. The molecule has 3 heteroatoms. The van der Waals surface area contributed by atoms with Crippen LogP contribution >= 0.6 is 0 Å². The molecule has 0 rings (SSSR count). The number of hydrogen-bond donors (Lipinski definition) is 0. The van der Waals surface area contributed by atoms with E-state index >= 15 is 0 Å². The Morgan fingerprint density at radius 2 is 2.45 bits per heavy atom. The van der Waals surface area contributed by atoms with Crippen LogP contribution in [0.5, 0.6) is 0 Å². The topological polar surface area (TPSA) is 50.1 Å². The summed E-state index contributed by atoms with van der Waals surface area (Å²) in [6, 6.07) is 1.89. The molecule has 11 heavy (non-hydrogen) atoms. The van der Waals surface area contributed by atoms with Crippen molar-refractivity contribution in [1.29, 1.82) is 5.26 Å². The van der Waals surface area contributed by atoms with Gasteiger partial charge in [0, 0.05) is 0 Å². The minimum absolute atomic E-state index is 0.159. The number of ether oxygens (including phenoxy) is 1. The number of esters is 1. The minimum Gasteiger partial charge on any atom is -0.464 e. The summed E-state index contributed by atoms with van der Waals surface area (Å²) in [5.41, 5.74) is 0. The smallest absolute Gasteiger partial charge is 0.308 e. The molecule has 0 N–H and O–H groups in total. The van der Waals surface area contributed by atoms with Crippen molar-refractivity contribution in [2.45, 2.75) is 19.8 Å². The van der Waals surface area contributed by atoms with Gasteiger partial charge in [-0.1, -0.05) is 13.8 Å². The molecule has 0 amide bonds. The molecule has 0 heterocycles. The number of rotatable bonds is 4. The molecule has 0 fully saturated rings. The molecule has 0 aromatic carbocycles. The van der Waals surface area contributed by atoms with Crippen LogP contribution in [0.1, 0.15) is 19.8 Å². The van der Waals surface area contributed by atoms with Gasteiger partial charge in [-0.3, -0.25) is 4.79 Å². The van der Waals surface area contributed by atoms with E-state index in [2.05, 4.69) is 6.92 Å². The normalized spacial score (nSPS) is 11.7. The standard InChI is InChI=1S/C8H12NO2/c1-3-7(2)8(10)11-6-4-5-9/h7H,1,3-4,6H2,2H3. The predicted molar refractivity (Wildman–Crippen MR) is 40.3 cm³/mol. The second-order valence-corrected chi connectivity index (χ2v) is 2.27. The summed E-state index contributed by atoms with van der Waals surface area (Å²) in [5, 5.41) is 8.12. The molecule has 0 aromatic heterocycles. The lowest BCUT2D eigenvalue weighted by Crippen LogP contribution is -2.14. The van der Waals surface area contributed by atoms with Crippen LogP contribution in [0.3, 0.4) is 0 Å². The van der Waals surface area contributed by atoms with Crippen LogP contribution in [0.15, 0.2) is 0 Å². The molecule has 0 aliphatic carbocycles. The van der Waals surface area contributed by atoms with Gasteiger partial charge in [-0.15, -0.1) is 0 Å². The van der Waals surface area contributed by atoms with E-state index in [1.807, 2.05) is 6.07 Å². The van der Waals surface area contributed by atoms with Gasteiger partial charge in [0.2, 0.25) is 0 Å². The summed E-state index contributed by atoms with van der Waals surface area (Å²) >= 11 is 0. The first kappa shape index (κ1) is 9.96. The van der Waals surface area contributed by atoms with Crippen LogP contribution in [0.25, 0.3) is 0 Å². The lowest BCUT2D eigenvalue weighted by molar-refractivity contribution is -0.147. The van der Waals surface area contributed by atoms with E-state index < -0.39 is 0 Å². The van der Waals surface area contributed by atoms with Gasteiger partial charge in [0.15, 0.2) is 0 Å². The maximum absolute atomic E-state index is 10.9. The average Bonchev–Trinajstić information content (AvgIpc) is 2.03. The molecule has 0 saturated carbocycles. The first-order valence-corrected chi connectivity index (χ1v) is 3.55. The number of carbonyl (C=O) groups is 1. The largest absolute Gasteiger partial charge is 0.464 e. The fraction of sp³-hybridized carbons (Fsp3) is 0.625. The van der Waals surface area contributed by atoms with Gasteiger partial charge in [-0.25, -0.2) is 0 Å². The molecular weight excluding hydrogens is 142 g/mol. The molecule has 0 saturated heterocycles. The van der Waals surface area contributed by atoms with Crippen molar-refractivity contribution >= 4 is 5.97 Å². The van der Waals surface area contributed by atoms with E-state index in [1.54, 1.807) is 6.92 Å². The van der Waals surface area contributed by atoms with Gasteiger partial charge in [-0.05, 0) is 6.42 Å². The van der Waals surface area contributed by atoms with Crippen LogP contribution in [0, 0.1) is 24.2 Å². The van der Waals surface area contributed by atoms with Crippen molar-refractivity contribution in [3.05, 3.63) is 6.92 Å². The van der Waals surface area contributed by atoms with Gasteiger partial charge in [0.25, 0.3) is 0 Å². The maximum atomic E-state index is 10.9. The second kappa shape index (κ2) is 5.72. The van der Waals surface area contributed by atoms with Crippen molar-refractivity contribution < 1.29 is 9.53 Å². The van der Waals surface area contributed by atoms with Crippen molar-refractivity contribution in [2.75, 3.05) is 6.61 Å². The number of hydrogen-bond acceptors (Lipinski definition) is 3. The van der Waals surface area contributed by atoms with Crippen LogP contribution in [0.2, 0.25) is 0 Å². The predicted octanol–water partition coefficient (Wildman–Crippen LogP) is 1.30. The van der Waals surface area contributed by atoms with E-state index in [0.717, 1.165) is 0 Å². The number of nitrogens with zero attached hydrogens (tertiary/aromatic N) is 1. The second-order valence-electron chi connectivity index (χ2n) is 2.27. The van der Waals surface area contributed by atoms with Crippen LogP contribution < -0.4 is 0 Å². The summed E-state index contributed by atoms with van der Waals surface area (Å²) in [7, 11) is 0. The third-order valence-corrected chi connectivity index (χ3v) is 1.29. The summed E-state index contributed by atoms with van der Waals surface area (Å²) in [5.74, 6) is -0.427. The fourth-order valence-electron chi connectivity index (χ4n) is 0.457. The zero-order valence-corrected chi connectivity index (χ0v) is 6.67. The van der Waals surface area contributed by atoms with Crippen LogP contribution in [-0.4, -0.2) is 12.6 Å². The highest BCUT2D eigenvalue weighted by Gasteiger charge is 2.10. The summed E-state index contributed by atoms with van der Waals surface area (Å²) in [4.78, 5) is 10.9. The SMILES string of the molecule is [CH2]CC(C)C(=O)OCCC#N. The van der Waals surface area contributed by atoms with E-state index in [0.29, 0.717) is 6.42 Å². The first-order valence-electron chi connectivity index (χ1n) is 3.55.